The average molecular weight is 372 g/mol. The summed E-state index contributed by atoms with van der Waals surface area (Å²) in [6.07, 6.45) is 2.78. The van der Waals surface area contributed by atoms with E-state index in [0.717, 1.165) is 6.42 Å². The lowest BCUT2D eigenvalue weighted by molar-refractivity contribution is -0.117. The van der Waals surface area contributed by atoms with Gasteiger partial charge in [0.15, 0.2) is 5.76 Å². The van der Waals surface area contributed by atoms with Gasteiger partial charge in [0.1, 0.15) is 0 Å². The van der Waals surface area contributed by atoms with Crippen molar-refractivity contribution in [2.24, 2.45) is 5.73 Å². The summed E-state index contributed by atoms with van der Waals surface area (Å²) >= 11 is 5.96. The summed E-state index contributed by atoms with van der Waals surface area (Å²) in [4.78, 5) is 24.1. The SMILES string of the molecule is CCCC(N)C(=O)Nc1ccc(Cl)cc1NC(=O)c1ccco1.Cl. The van der Waals surface area contributed by atoms with Gasteiger partial charge in [-0.15, -0.1) is 12.4 Å². The fourth-order valence-corrected chi connectivity index (χ4v) is 2.16. The minimum Gasteiger partial charge on any atom is -0.459 e. The lowest BCUT2D eigenvalue weighted by Gasteiger charge is -2.15. The van der Waals surface area contributed by atoms with Gasteiger partial charge in [-0.25, -0.2) is 0 Å². The maximum atomic E-state index is 12.1. The van der Waals surface area contributed by atoms with Gasteiger partial charge in [0.05, 0.1) is 23.7 Å². The minimum absolute atomic E-state index is 0. The zero-order chi connectivity index (χ0) is 16.8. The van der Waals surface area contributed by atoms with Gasteiger partial charge in [0, 0.05) is 5.02 Å². The smallest absolute Gasteiger partial charge is 0.291 e. The summed E-state index contributed by atoms with van der Waals surface area (Å²) in [5, 5.41) is 5.79. The molecule has 1 aromatic carbocycles. The summed E-state index contributed by atoms with van der Waals surface area (Å²) in [5.74, 6) is -0.599. The van der Waals surface area contributed by atoms with Crippen LogP contribution >= 0.6 is 24.0 Å². The van der Waals surface area contributed by atoms with E-state index in [1.165, 1.54) is 12.3 Å². The number of nitrogens with one attached hydrogen (secondary N) is 2. The Morgan fingerprint density at radius 1 is 1.25 bits per heavy atom. The van der Waals surface area contributed by atoms with E-state index in [1.54, 1.807) is 24.3 Å². The Morgan fingerprint density at radius 3 is 2.62 bits per heavy atom. The van der Waals surface area contributed by atoms with Crippen LogP contribution in [-0.2, 0) is 4.79 Å². The van der Waals surface area contributed by atoms with Crippen LogP contribution in [0.4, 0.5) is 11.4 Å². The van der Waals surface area contributed by atoms with Crippen LogP contribution in [0.15, 0.2) is 41.0 Å². The Kier molecular flexibility index (Phi) is 7.78. The van der Waals surface area contributed by atoms with Crippen molar-refractivity contribution in [1.29, 1.82) is 0 Å². The molecule has 0 spiro atoms. The van der Waals surface area contributed by atoms with E-state index in [9.17, 15) is 9.59 Å². The highest BCUT2D eigenvalue weighted by Gasteiger charge is 2.16. The molecule has 1 unspecified atom stereocenters. The first-order chi connectivity index (χ1) is 11.0. The number of rotatable bonds is 6. The van der Waals surface area contributed by atoms with Crippen LogP contribution < -0.4 is 16.4 Å². The summed E-state index contributed by atoms with van der Waals surface area (Å²) < 4.78 is 5.04. The largest absolute Gasteiger partial charge is 0.459 e. The highest BCUT2D eigenvalue weighted by atomic mass is 35.5. The molecule has 1 aromatic heterocycles. The molecule has 2 rings (SSSR count). The molecule has 0 bridgehead atoms. The second-order valence-electron chi connectivity index (χ2n) is 5.01. The second-order valence-corrected chi connectivity index (χ2v) is 5.44. The van der Waals surface area contributed by atoms with Gasteiger partial charge in [0.2, 0.25) is 5.91 Å². The standard InChI is InChI=1S/C16H18ClN3O3.ClH/c1-2-4-11(18)15(21)19-12-7-6-10(17)9-13(12)20-16(22)14-5-3-8-23-14;/h3,5-9,11H,2,4,18H2,1H3,(H,19,21)(H,20,22);1H. The minimum atomic E-state index is -0.607. The predicted molar refractivity (Wildman–Crippen MR) is 96.9 cm³/mol. The number of carbonyl (C=O) groups excluding carboxylic acids is 2. The van der Waals surface area contributed by atoms with Gasteiger partial charge in [-0.2, -0.15) is 0 Å². The van der Waals surface area contributed by atoms with Gasteiger partial charge in [-0.1, -0.05) is 24.9 Å². The third kappa shape index (κ3) is 5.26. The van der Waals surface area contributed by atoms with Crippen molar-refractivity contribution in [2.75, 3.05) is 10.6 Å². The molecule has 0 aliphatic rings. The van der Waals surface area contributed by atoms with E-state index in [1.807, 2.05) is 6.92 Å². The van der Waals surface area contributed by atoms with E-state index in [-0.39, 0.29) is 24.1 Å². The molecule has 4 N–H and O–H groups in total. The number of hydrogen-bond acceptors (Lipinski definition) is 4. The number of nitrogens with two attached hydrogens (primary N) is 1. The van der Waals surface area contributed by atoms with E-state index in [2.05, 4.69) is 10.6 Å². The van der Waals surface area contributed by atoms with Crippen molar-refractivity contribution in [3.05, 3.63) is 47.4 Å². The number of benzene rings is 1. The number of carbonyl (C=O) groups is 2. The molecule has 6 nitrogen and oxygen atoms in total. The average Bonchev–Trinajstić information content (AvgIpc) is 3.04. The molecule has 0 saturated carbocycles. The molecule has 1 heterocycles. The summed E-state index contributed by atoms with van der Waals surface area (Å²) in [7, 11) is 0. The molecule has 2 amide bonds. The maximum Gasteiger partial charge on any atom is 0.291 e. The molecule has 0 aliphatic heterocycles. The molecular formula is C16H19Cl2N3O3. The molecule has 8 heteroatoms. The third-order valence-electron chi connectivity index (χ3n) is 3.17. The van der Waals surface area contributed by atoms with Gasteiger partial charge >= 0.3 is 0 Å². The summed E-state index contributed by atoms with van der Waals surface area (Å²) in [6.45, 7) is 1.95. The molecule has 0 aliphatic carbocycles. The van der Waals surface area contributed by atoms with E-state index in [4.69, 9.17) is 21.8 Å². The molecule has 0 radical (unpaired) electrons. The van der Waals surface area contributed by atoms with E-state index >= 15 is 0 Å². The molecule has 2 aromatic rings. The predicted octanol–water partition coefficient (Wildman–Crippen LogP) is 3.67. The molecule has 130 valence electrons. The third-order valence-corrected chi connectivity index (χ3v) is 3.40. The van der Waals surface area contributed by atoms with Crippen molar-refractivity contribution in [3.8, 4) is 0 Å². The van der Waals surface area contributed by atoms with Crippen molar-refractivity contribution in [2.45, 2.75) is 25.8 Å². The Bertz CT molecular complexity index is 690. The number of hydrogen-bond donors (Lipinski definition) is 3. The van der Waals surface area contributed by atoms with Crippen LogP contribution in [0.5, 0.6) is 0 Å². The highest BCUT2D eigenvalue weighted by molar-refractivity contribution is 6.31. The van der Waals surface area contributed by atoms with Crippen LogP contribution in [0.3, 0.4) is 0 Å². The second kappa shape index (κ2) is 9.32. The van der Waals surface area contributed by atoms with Crippen LogP contribution in [0.2, 0.25) is 5.02 Å². The van der Waals surface area contributed by atoms with Crippen molar-refractivity contribution >= 4 is 47.2 Å². The number of furan rings is 1. The van der Waals surface area contributed by atoms with Crippen LogP contribution in [-0.4, -0.2) is 17.9 Å². The molecule has 24 heavy (non-hydrogen) atoms. The molecular weight excluding hydrogens is 353 g/mol. The van der Waals surface area contributed by atoms with Gasteiger partial charge in [-0.05, 0) is 36.8 Å². The first-order valence-electron chi connectivity index (χ1n) is 7.22. The van der Waals surface area contributed by atoms with Gasteiger partial charge in [-0.3, -0.25) is 9.59 Å². The Hall–Kier alpha value is -2.02. The summed E-state index contributed by atoms with van der Waals surface area (Å²) in [5.41, 5.74) is 6.59. The van der Waals surface area contributed by atoms with Crippen molar-refractivity contribution in [1.82, 2.24) is 0 Å². The van der Waals surface area contributed by atoms with Crippen molar-refractivity contribution in [3.63, 3.8) is 0 Å². The van der Waals surface area contributed by atoms with E-state index < -0.39 is 11.9 Å². The van der Waals surface area contributed by atoms with Gasteiger partial charge < -0.3 is 20.8 Å². The van der Waals surface area contributed by atoms with Crippen LogP contribution in [0, 0.1) is 0 Å². The molecule has 0 fully saturated rings. The monoisotopic (exact) mass is 371 g/mol. The summed E-state index contributed by atoms with van der Waals surface area (Å²) in [6, 6.07) is 7.31. The quantitative estimate of drug-likeness (QED) is 0.721. The van der Waals surface area contributed by atoms with Crippen LogP contribution in [0.25, 0.3) is 0 Å². The lowest BCUT2D eigenvalue weighted by atomic mass is 10.1. The molecule has 0 saturated heterocycles. The zero-order valence-electron chi connectivity index (χ0n) is 13.0. The maximum absolute atomic E-state index is 12.1. The van der Waals surface area contributed by atoms with Gasteiger partial charge in [0.25, 0.3) is 5.91 Å². The first-order valence-corrected chi connectivity index (χ1v) is 7.60. The number of halogens is 2. The van der Waals surface area contributed by atoms with E-state index in [0.29, 0.717) is 22.8 Å². The Balaban J connectivity index is 0.00000288. The number of amides is 2. The molecule has 1 atom stereocenters. The van der Waals surface area contributed by atoms with Crippen LogP contribution in [0.1, 0.15) is 30.3 Å². The lowest BCUT2D eigenvalue weighted by Crippen LogP contribution is -2.35. The number of anilines is 2. The Morgan fingerprint density at radius 2 is 2.00 bits per heavy atom. The zero-order valence-corrected chi connectivity index (χ0v) is 14.6. The fourth-order valence-electron chi connectivity index (χ4n) is 1.99. The Labute approximate surface area is 151 Å². The highest BCUT2D eigenvalue weighted by Crippen LogP contribution is 2.26. The fraction of sp³-hybridized carbons (Fsp3) is 0.250. The first kappa shape index (κ1) is 20.0. The normalized spacial score (nSPS) is 11.3. The van der Waals surface area contributed by atoms with Crippen molar-refractivity contribution < 1.29 is 14.0 Å². The topological polar surface area (TPSA) is 97.4 Å².